The lowest BCUT2D eigenvalue weighted by molar-refractivity contribution is -0.149. The third kappa shape index (κ3) is 3.02. The van der Waals surface area contributed by atoms with Gasteiger partial charge >= 0.3 is 11.9 Å². The summed E-state index contributed by atoms with van der Waals surface area (Å²) in [6, 6.07) is 0. The third-order valence-corrected chi connectivity index (χ3v) is 1.07. The van der Waals surface area contributed by atoms with Crippen molar-refractivity contribution in [2.24, 2.45) is 0 Å². The average molecular weight is 159 g/mol. The number of hydrogen-bond acceptors (Lipinski definition) is 4. The Labute approximate surface area is 65.5 Å². The van der Waals surface area contributed by atoms with Crippen molar-refractivity contribution in [1.29, 1.82) is 0 Å². The first-order valence-electron chi connectivity index (χ1n) is 3.22. The third-order valence-electron chi connectivity index (χ3n) is 1.07. The largest absolute Gasteiger partial charge is 0.468 e. The lowest BCUT2D eigenvalue weighted by atomic mass is 10.2. The molecular weight excluding hydrogens is 148 g/mol. The number of rotatable bonds is 3. The highest BCUT2D eigenvalue weighted by molar-refractivity contribution is 6.09. The molecule has 0 unspecified atom stereocenters. The molecule has 0 atom stereocenters. The maximum absolute atomic E-state index is 10.8. The first-order valence-corrected chi connectivity index (χ1v) is 3.22. The fourth-order valence-electron chi connectivity index (χ4n) is 0.476. The van der Waals surface area contributed by atoms with Crippen LogP contribution in [0.2, 0.25) is 0 Å². The van der Waals surface area contributed by atoms with Crippen LogP contribution in [0, 0.1) is 5.92 Å². The van der Waals surface area contributed by atoms with Gasteiger partial charge in [0.15, 0.2) is 5.92 Å². The van der Waals surface area contributed by atoms with Gasteiger partial charge < -0.3 is 9.47 Å². The van der Waals surface area contributed by atoms with Crippen LogP contribution in [0.1, 0.15) is 13.8 Å². The molecule has 63 valence electrons. The second-order valence-corrected chi connectivity index (χ2v) is 1.84. The first-order chi connectivity index (χ1) is 5.13. The second kappa shape index (κ2) is 4.71. The lowest BCUT2D eigenvalue weighted by Crippen LogP contribution is -2.22. The Bertz CT molecular complexity index is 153. The smallest absolute Gasteiger partial charge is 0.325 e. The van der Waals surface area contributed by atoms with E-state index in [4.69, 9.17) is 0 Å². The summed E-state index contributed by atoms with van der Waals surface area (Å²) in [6.45, 7) is 3.29. The number of methoxy groups -OCH3 is 1. The maximum atomic E-state index is 10.8. The van der Waals surface area contributed by atoms with Gasteiger partial charge in [-0.05, 0) is 13.8 Å². The van der Waals surface area contributed by atoms with Crippen molar-refractivity contribution < 1.29 is 19.1 Å². The lowest BCUT2D eigenvalue weighted by Gasteiger charge is -2.05. The zero-order valence-corrected chi connectivity index (χ0v) is 6.84. The van der Waals surface area contributed by atoms with E-state index < -0.39 is 11.9 Å². The zero-order chi connectivity index (χ0) is 8.85. The summed E-state index contributed by atoms with van der Waals surface area (Å²) in [5.74, 6) is -1.31. The molecule has 0 rings (SSSR count). The molecule has 0 bridgehead atoms. The molecule has 0 fully saturated rings. The normalized spacial score (nSPS) is 9.45. The van der Waals surface area contributed by atoms with Crippen molar-refractivity contribution in [3.05, 3.63) is 5.92 Å². The van der Waals surface area contributed by atoms with Crippen molar-refractivity contribution in [3.63, 3.8) is 0 Å². The van der Waals surface area contributed by atoms with E-state index in [1.165, 1.54) is 14.0 Å². The Morgan fingerprint density at radius 3 is 2.18 bits per heavy atom. The molecule has 0 amide bonds. The molecule has 11 heavy (non-hydrogen) atoms. The number of carbonyl (C=O) groups excluding carboxylic acids is 2. The SMILES string of the molecule is CCOC(=O)[C](C)C(=O)OC. The van der Waals surface area contributed by atoms with E-state index in [1.54, 1.807) is 6.92 Å². The van der Waals surface area contributed by atoms with Crippen LogP contribution < -0.4 is 0 Å². The van der Waals surface area contributed by atoms with Gasteiger partial charge in [-0.25, -0.2) is 0 Å². The predicted octanol–water partition coefficient (Wildman–Crippen LogP) is 0.317. The summed E-state index contributed by atoms with van der Waals surface area (Å²) in [6.07, 6.45) is 0. The summed E-state index contributed by atoms with van der Waals surface area (Å²) >= 11 is 0. The number of carbonyl (C=O) groups is 2. The van der Waals surface area contributed by atoms with Gasteiger partial charge in [0, 0.05) is 0 Å². The van der Waals surface area contributed by atoms with Gasteiger partial charge in [0.2, 0.25) is 0 Å². The van der Waals surface area contributed by atoms with E-state index in [1.807, 2.05) is 0 Å². The highest BCUT2D eigenvalue weighted by Crippen LogP contribution is 2.02. The van der Waals surface area contributed by atoms with E-state index in [9.17, 15) is 9.59 Å². The fraction of sp³-hybridized carbons (Fsp3) is 0.571. The van der Waals surface area contributed by atoms with Crippen LogP contribution in [0.25, 0.3) is 0 Å². The van der Waals surface area contributed by atoms with Gasteiger partial charge in [-0.3, -0.25) is 9.59 Å². The predicted molar refractivity (Wildman–Crippen MR) is 37.6 cm³/mol. The first kappa shape index (κ1) is 9.94. The van der Waals surface area contributed by atoms with Crippen molar-refractivity contribution in [2.75, 3.05) is 13.7 Å². The van der Waals surface area contributed by atoms with Crippen molar-refractivity contribution in [3.8, 4) is 0 Å². The van der Waals surface area contributed by atoms with Crippen LogP contribution in [0.5, 0.6) is 0 Å². The van der Waals surface area contributed by atoms with E-state index in [0.717, 1.165) is 0 Å². The average Bonchev–Trinajstić information content (AvgIpc) is 2.02. The van der Waals surface area contributed by atoms with Gasteiger partial charge in [-0.2, -0.15) is 0 Å². The summed E-state index contributed by atoms with van der Waals surface area (Å²) in [5, 5.41) is 0. The van der Waals surface area contributed by atoms with Crippen molar-refractivity contribution in [1.82, 2.24) is 0 Å². The zero-order valence-electron chi connectivity index (χ0n) is 6.84. The van der Waals surface area contributed by atoms with E-state index in [0.29, 0.717) is 0 Å². The Morgan fingerprint density at radius 1 is 1.27 bits per heavy atom. The van der Waals surface area contributed by atoms with E-state index in [-0.39, 0.29) is 12.5 Å². The van der Waals surface area contributed by atoms with Crippen LogP contribution in [0.3, 0.4) is 0 Å². The van der Waals surface area contributed by atoms with Crippen molar-refractivity contribution in [2.45, 2.75) is 13.8 Å². The second-order valence-electron chi connectivity index (χ2n) is 1.84. The molecule has 0 aromatic rings. The molecule has 0 aromatic carbocycles. The minimum absolute atomic E-state index is 0.0330. The molecule has 0 N–H and O–H groups in total. The minimum Gasteiger partial charge on any atom is -0.468 e. The van der Waals surface area contributed by atoms with Crippen LogP contribution in [-0.2, 0) is 19.1 Å². The monoisotopic (exact) mass is 159 g/mol. The van der Waals surface area contributed by atoms with Crippen LogP contribution in [0.4, 0.5) is 0 Å². The van der Waals surface area contributed by atoms with Gasteiger partial charge in [0.05, 0.1) is 13.7 Å². The Kier molecular flexibility index (Phi) is 4.26. The number of hydrogen-bond donors (Lipinski definition) is 0. The summed E-state index contributed by atoms with van der Waals surface area (Å²) in [4.78, 5) is 21.5. The van der Waals surface area contributed by atoms with E-state index >= 15 is 0 Å². The summed E-state index contributed by atoms with van der Waals surface area (Å²) in [5.41, 5.74) is 0. The molecule has 0 saturated heterocycles. The summed E-state index contributed by atoms with van der Waals surface area (Å²) in [7, 11) is 1.21. The Balaban J connectivity index is 3.91. The highest BCUT2D eigenvalue weighted by Gasteiger charge is 2.24. The molecular formula is C7H11O4. The molecule has 0 heterocycles. The van der Waals surface area contributed by atoms with Crippen molar-refractivity contribution >= 4 is 11.9 Å². The highest BCUT2D eigenvalue weighted by atomic mass is 16.5. The van der Waals surface area contributed by atoms with Gasteiger partial charge in [-0.1, -0.05) is 0 Å². The molecule has 0 aliphatic heterocycles. The fourth-order valence-corrected chi connectivity index (χ4v) is 0.476. The molecule has 4 heteroatoms. The van der Waals surface area contributed by atoms with Gasteiger partial charge in [-0.15, -0.1) is 0 Å². The van der Waals surface area contributed by atoms with E-state index in [2.05, 4.69) is 9.47 Å². The van der Waals surface area contributed by atoms with Crippen LogP contribution >= 0.6 is 0 Å². The topological polar surface area (TPSA) is 52.6 Å². The quantitative estimate of drug-likeness (QED) is 0.439. The molecule has 0 aliphatic carbocycles. The Hall–Kier alpha value is -1.06. The molecule has 0 aromatic heterocycles. The standard InChI is InChI=1S/C7H11O4/c1-4-11-7(9)5(2)6(8)10-3/h4H2,1-3H3. The van der Waals surface area contributed by atoms with Gasteiger partial charge in [0.25, 0.3) is 0 Å². The Morgan fingerprint density at radius 2 is 1.82 bits per heavy atom. The van der Waals surface area contributed by atoms with Crippen LogP contribution in [0.15, 0.2) is 0 Å². The van der Waals surface area contributed by atoms with Crippen LogP contribution in [-0.4, -0.2) is 25.7 Å². The molecule has 4 nitrogen and oxygen atoms in total. The maximum Gasteiger partial charge on any atom is 0.325 e. The minimum atomic E-state index is -0.650. The molecule has 0 aliphatic rings. The number of esters is 2. The molecule has 0 saturated carbocycles. The van der Waals surface area contributed by atoms with Gasteiger partial charge in [0.1, 0.15) is 0 Å². The number of ether oxygens (including phenoxy) is 2. The molecule has 0 spiro atoms. The molecule has 1 radical (unpaired) electrons. The summed E-state index contributed by atoms with van der Waals surface area (Å²) < 4.78 is 8.85.